The molecule has 0 heterocycles. The summed E-state index contributed by atoms with van der Waals surface area (Å²) in [5.41, 5.74) is 2.16. The summed E-state index contributed by atoms with van der Waals surface area (Å²) in [4.78, 5) is 12.6. The van der Waals surface area contributed by atoms with E-state index in [4.69, 9.17) is 0 Å². The molecule has 3 heteroatoms. The second-order valence-corrected chi connectivity index (χ2v) is 6.43. The van der Waals surface area contributed by atoms with Crippen molar-refractivity contribution >= 4 is 17.7 Å². The maximum absolute atomic E-state index is 11.5. The zero-order chi connectivity index (χ0) is 15.2. The molecular weight excluding hydrogens is 280 g/mol. The van der Waals surface area contributed by atoms with Gasteiger partial charge in [-0.25, -0.2) is 0 Å². The Labute approximate surface area is 130 Å². The topological polar surface area (TPSA) is 37.3 Å². The Kier molecular flexibility index (Phi) is 5.45. The molecule has 2 aromatic carbocycles. The molecule has 0 aliphatic heterocycles. The molecule has 2 nitrogen and oxygen atoms in total. The summed E-state index contributed by atoms with van der Waals surface area (Å²) in [6, 6.07) is 17.8. The van der Waals surface area contributed by atoms with Gasteiger partial charge in [0.15, 0.2) is 0 Å². The molecule has 0 fully saturated rings. The molecule has 0 aromatic heterocycles. The van der Waals surface area contributed by atoms with Gasteiger partial charge >= 0.3 is 5.97 Å². The lowest BCUT2D eigenvalue weighted by Crippen LogP contribution is -2.14. The summed E-state index contributed by atoms with van der Waals surface area (Å²) < 4.78 is 0. The van der Waals surface area contributed by atoms with Gasteiger partial charge < -0.3 is 5.11 Å². The van der Waals surface area contributed by atoms with Crippen molar-refractivity contribution in [3.8, 4) is 0 Å². The van der Waals surface area contributed by atoms with Crippen LogP contribution < -0.4 is 0 Å². The SMILES string of the molecule is CC(C)c1ccc(SCC(C(=O)O)c2ccccc2)cc1. The number of benzene rings is 2. The lowest BCUT2D eigenvalue weighted by atomic mass is 10.0. The van der Waals surface area contributed by atoms with Gasteiger partial charge in [-0.3, -0.25) is 4.79 Å². The van der Waals surface area contributed by atoms with E-state index in [0.29, 0.717) is 11.7 Å². The van der Waals surface area contributed by atoms with Gasteiger partial charge in [-0.15, -0.1) is 11.8 Å². The molecule has 0 spiro atoms. The first-order valence-electron chi connectivity index (χ1n) is 7.08. The average molecular weight is 300 g/mol. The van der Waals surface area contributed by atoms with Gasteiger partial charge in [0.25, 0.3) is 0 Å². The molecule has 0 aliphatic rings. The molecule has 0 bridgehead atoms. The van der Waals surface area contributed by atoms with Gasteiger partial charge in [0, 0.05) is 10.6 Å². The first-order chi connectivity index (χ1) is 10.1. The van der Waals surface area contributed by atoms with Gasteiger partial charge in [0.1, 0.15) is 0 Å². The summed E-state index contributed by atoms with van der Waals surface area (Å²) in [6.45, 7) is 4.33. The minimum Gasteiger partial charge on any atom is -0.481 e. The van der Waals surface area contributed by atoms with Gasteiger partial charge in [-0.2, -0.15) is 0 Å². The van der Waals surface area contributed by atoms with E-state index in [1.54, 1.807) is 11.8 Å². The molecule has 21 heavy (non-hydrogen) atoms. The Morgan fingerprint density at radius 1 is 1.00 bits per heavy atom. The van der Waals surface area contributed by atoms with E-state index in [0.717, 1.165) is 10.5 Å². The highest BCUT2D eigenvalue weighted by atomic mass is 32.2. The van der Waals surface area contributed by atoms with E-state index >= 15 is 0 Å². The number of aliphatic carboxylic acids is 1. The molecule has 1 atom stereocenters. The summed E-state index contributed by atoms with van der Waals surface area (Å²) in [7, 11) is 0. The molecule has 2 rings (SSSR count). The van der Waals surface area contributed by atoms with Crippen LogP contribution in [0.25, 0.3) is 0 Å². The zero-order valence-electron chi connectivity index (χ0n) is 12.3. The van der Waals surface area contributed by atoms with Crippen molar-refractivity contribution in [1.82, 2.24) is 0 Å². The van der Waals surface area contributed by atoms with Gasteiger partial charge in [0.05, 0.1) is 5.92 Å². The van der Waals surface area contributed by atoms with Crippen LogP contribution in [-0.2, 0) is 4.79 Å². The Morgan fingerprint density at radius 3 is 2.14 bits per heavy atom. The Morgan fingerprint density at radius 2 is 1.62 bits per heavy atom. The highest BCUT2D eigenvalue weighted by Crippen LogP contribution is 2.27. The number of rotatable bonds is 6. The maximum atomic E-state index is 11.5. The van der Waals surface area contributed by atoms with Gasteiger partial charge in [0.2, 0.25) is 0 Å². The van der Waals surface area contributed by atoms with E-state index in [1.165, 1.54) is 5.56 Å². The third-order valence-corrected chi connectivity index (χ3v) is 4.57. The smallest absolute Gasteiger partial charge is 0.311 e. The second kappa shape index (κ2) is 7.32. The van der Waals surface area contributed by atoms with Crippen molar-refractivity contribution in [1.29, 1.82) is 0 Å². The number of carboxylic acid groups (broad SMARTS) is 1. The molecule has 0 saturated carbocycles. The fraction of sp³-hybridized carbons (Fsp3) is 0.278. The van der Waals surface area contributed by atoms with Gasteiger partial charge in [-0.1, -0.05) is 56.3 Å². The van der Waals surface area contributed by atoms with Crippen molar-refractivity contribution in [2.75, 3.05) is 5.75 Å². The number of carboxylic acids is 1. The largest absolute Gasteiger partial charge is 0.481 e. The average Bonchev–Trinajstić information content (AvgIpc) is 2.48. The molecule has 2 aromatic rings. The van der Waals surface area contributed by atoms with Crippen LogP contribution in [0.5, 0.6) is 0 Å². The third kappa shape index (κ3) is 4.36. The van der Waals surface area contributed by atoms with Crippen LogP contribution in [0, 0.1) is 0 Å². The van der Waals surface area contributed by atoms with E-state index < -0.39 is 11.9 Å². The minimum atomic E-state index is -0.771. The predicted molar refractivity (Wildman–Crippen MR) is 88.1 cm³/mol. The van der Waals surface area contributed by atoms with Gasteiger partial charge in [-0.05, 0) is 29.2 Å². The van der Waals surface area contributed by atoms with Crippen molar-refractivity contribution in [3.05, 3.63) is 65.7 Å². The van der Waals surface area contributed by atoms with Crippen LogP contribution in [0.4, 0.5) is 0 Å². The van der Waals surface area contributed by atoms with Crippen LogP contribution in [-0.4, -0.2) is 16.8 Å². The van der Waals surface area contributed by atoms with Crippen molar-refractivity contribution < 1.29 is 9.90 Å². The lowest BCUT2D eigenvalue weighted by Gasteiger charge is -2.13. The fourth-order valence-corrected chi connectivity index (χ4v) is 3.15. The van der Waals surface area contributed by atoms with Crippen LogP contribution in [0.3, 0.4) is 0 Å². The maximum Gasteiger partial charge on any atom is 0.311 e. The molecule has 0 amide bonds. The Hall–Kier alpha value is -1.74. The summed E-state index contributed by atoms with van der Waals surface area (Å²) in [6.07, 6.45) is 0. The highest BCUT2D eigenvalue weighted by molar-refractivity contribution is 7.99. The Bertz CT molecular complexity index is 576. The summed E-state index contributed by atoms with van der Waals surface area (Å²) in [5, 5.41) is 9.41. The van der Waals surface area contributed by atoms with Crippen LogP contribution in [0.2, 0.25) is 0 Å². The van der Waals surface area contributed by atoms with Crippen molar-refractivity contribution in [2.24, 2.45) is 0 Å². The van der Waals surface area contributed by atoms with Crippen molar-refractivity contribution in [2.45, 2.75) is 30.6 Å². The zero-order valence-corrected chi connectivity index (χ0v) is 13.1. The van der Waals surface area contributed by atoms with Crippen LogP contribution in [0.1, 0.15) is 36.8 Å². The monoisotopic (exact) mass is 300 g/mol. The van der Waals surface area contributed by atoms with E-state index in [1.807, 2.05) is 30.3 Å². The summed E-state index contributed by atoms with van der Waals surface area (Å²) in [5.74, 6) is -0.186. The molecule has 0 aliphatic carbocycles. The second-order valence-electron chi connectivity index (χ2n) is 5.34. The number of hydrogen-bond donors (Lipinski definition) is 1. The van der Waals surface area contributed by atoms with Crippen LogP contribution in [0.15, 0.2) is 59.5 Å². The van der Waals surface area contributed by atoms with Crippen molar-refractivity contribution in [3.63, 3.8) is 0 Å². The van der Waals surface area contributed by atoms with E-state index in [2.05, 4.69) is 38.1 Å². The molecule has 0 radical (unpaired) electrons. The molecule has 1 unspecified atom stereocenters. The Balaban J connectivity index is 2.04. The normalized spacial score (nSPS) is 12.3. The summed E-state index contributed by atoms with van der Waals surface area (Å²) >= 11 is 1.59. The third-order valence-electron chi connectivity index (χ3n) is 3.46. The van der Waals surface area contributed by atoms with E-state index in [-0.39, 0.29) is 0 Å². The molecule has 1 N–H and O–H groups in total. The number of thioether (sulfide) groups is 1. The molecular formula is C18H20O2S. The highest BCUT2D eigenvalue weighted by Gasteiger charge is 2.19. The standard InChI is InChI=1S/C18H20O2S/c1-13(2)14-8-10-16(11-9-14)21-12-17(18(19)20)15-6-4-3-5-7-15/h3-11,13,17H,12H2,1-2H3,(H,19,20). The molecule has 0 saturated heterocycles. The lowest BCUT2D eigenvalue weighted by molar-refractivity contribution is -0.138. The quantitative estimate of drug-likeness (QED) is 0.781. The van der Waals surface area contributed by atoms with Crippen LogP contribution >= 0.6 is 11.8 Å². The molecule has 110 valence electrons. The number of carbonyl (C=O) groups is 1. The predicted octanol–water partition coefficient (Wildman–Crippen LogP) is 4.77. The number of hydrogen-bond acceptors (Lipinski definition) is 2. The van der Waals surface area contributed by atoms with E-state index in [9.17, 15) is 9.90 Å². The minimum absolute atomic E-state index is 0.471. The first-order valence-corrected chi connectivity index (χ1v) is 8.07. The fourth-order valence-electron chi connectivity index (χ4n) is 2.12. The first kappa shape index (κ1) is 15.6.